The van der Waals surface area contributed by atoms with Crippen molar-refractivity contribution in [3.05, 3.63) is 0 Å². The molecule has 0 spiro atoms. The van der Waals surface area contributed by atoms with Crippen LogP contribution in [-0.4, -0.2) is 90.5 Å². The number of unbranched alkanes of at least 4 members (excludes halogenated alkanes) is 7. The zero-order valence-corrected chi connectivity index (χ0v) is 30.0. The summed E-state index contributed by atoms with van der Waals surface area (Å²) in [5, 5.41) is 8.96. The maximum Gasteiger partial charge on any atom is 0.407 e. The molecule has 6 atom stereocenters. The van der Waals surface area contributed by atoms with Gasteiger partial charge in [-0.25, -0.2) is 4.79 Å². The van der Waals surface area contributed by atoms with E-state index in [0.29, 0.717) is 6.42 Å². The Morgan fingerprint density at radius 1 is 0.766 bits per heavy atom. The molecule has 1 saturated heterocycles. The summed E-state index contributed by atoms with van der Waals surface area (Å²) in [6.45, 7) is 12.0. The fourth-order valence-corrected chi connectivity index (χ4v) is 5.16. The van der Waals surface area contributed by atoms with Crippen LogP contribution in [0.4, 0.5) is 4.79 Å². The van der Waals surface area contributed by atoms with Crippen LogP contribution in [0.3, 0.4) is 0 Å². The molecule has 0 aromatic heterocycles. The van der Waals surface area contributed by atoms with Gasteiger partial charge in [0.25, 0.3) is 0 Å². The first-order valence-electron chi connectivity index (χ1n) is 16.4. The topological polar surface area (TPSA) is 177 Å². The monoisotopic (exact) mass is 689 g/mol. The van der Waals surface area contributed by atoms with Crippen LogP contribution >= 0.6 is 12.2 Å². The molecule has 1 rings (SSSR count). The van der Waals surface area contributed by atoms with E-state index in [1.54, 1.807) is 20.8 Å². The first kappa shape index (κ1) is 41.8. The van der Waals surface area contributed by atoms with E-state index in [4.69, 9.17) is 40.6 Å². The molecule has 1 aliphatic heterocycles. The summed E-state index contributed by atoms with van der Waals surface area (Å²) in [5.41, 5.74) is -0.674. The standard InChI is InChI=1S/C32H55N3O11S/c1-9-10-11-12-13-14-15-16-17-24(34-31(40)46-32(6,7)8)18-33-30(47)35-29-28(44-23(5)39)27(43-22(4)38)26(42-21(3)37)25(45-29)19-41-20(2)36/h24-29H,9-19H2,1-8H3,(H,34,40)(H2,33,35,47)/t24?,25-,26-,27+,28-,29-/m1/s1. The number of nitrogens with one attached hydrogen (secondary N) is 3. The number of hydrogen-bond donors (Lipinski definition) is 3. The van der Waals surface area contributed by atoms with E-state index in [-0.39, 0.29) is 24.3 Å². The highest BCUT2D eigenvalue weighted by Crippen LogP contribution is 2.28. The van der Waals surface area contributed by atoms with Gasteiger partial charge in [0, 0.05) is 40.3 Å². The third kappa shape index (κ3) is 18.7. The summed E-state index contributed by atoms with van der Waals surface area (Å²) in [5.74, 6) is -2.82. The molecule has 0 saturated carbocycles. The van der Waals surface area contributed by atoms with Gasteiger partial charge in [-0.15, -0.1) is 0 Å². The smallest absolute Gasteiger partial charge is 0.407 e. The third-order valence-corrected chi connectivity index (χ3v) is 7.16. The first-order chi connectivity index (χ1) is 22.0. The molecule has 270 valence electrons. The molecule has 0 bridgehead atoms. The van der Waals surface area contributed by atoms with Crippen molar-refractivity contribution in [2.45, 2.75) is 155 Å². The number of thiocarbonyl (C=S) groups is 1. The lowest BCUT2D eigenvalue weighted by Gasteiger charge is -2.44. The highest BCUT2D eigenvalue weighted by molar-refractivity contribution is 7.80. The summed E-state index contributed by atoms with van der Waals surface area (Å²) >= 11 is 5.53. The van der Waals surface area contributed by atoms with Crippen LogP contribution in [0.25, 0.3) is 0 Å². The highest BCUT2D eigenvalue weighted by Gasteiger charge is 2.52. The van der Waals surface area contributed by atoms with Gasteiger partial charge in [0.1, 0.15) is 18.3 Å². The Morgan fingerprint density at radius 2 is 1.30 bits per heavy atom. The Hall–Kier alpha value is -3.20. The van der Waals surface area contributed by atoms with E-state index in [1.807, 2.05) is 0 Å². The number of ether oxygens (including phenoxy) is 6. The molecule has 1 aliphatic rings. The quantitative estimate of drug-likeness (QED) is 0.0816. The minimum atomic E-state index is -1.33. The maximum absolute atomic E-state index is 12.6. The molecule has 3 N–H and O–H groups in total. The molecule has 1 heterocycles. The van der Waals surface area contributed by atoms with E-state index in [2.05, 4.69) is 22.9 Å². The summed E-state index contributed by atoms with van der Waals surface area (Å²) in [4.78, 5) is 60.3. The van der Waals surface area contributed by atoms with Crippen LogP contribution in [0, 0.1) is 0 Å². The molecule has 0 aromatic carbocycles. The zero-order valence-electron chi connectivity index (χ0n) is 29.1. The molecule has 14 nitrogen and oxygen atoms in total. The normalized spacial score (nSPS) is 21.4. The van der Waals surface area contributed by atoms with Crippen molar-refractivity contribution < 1.29 is 52.4 Å². The number of alkyl carbamates (subject to hydrolysis) is 1. The number of esters is 4. The Kier molecular flexibility index (Phi) is 19.2. The third-order valence-electron chi connectivity index (χ3n) is 6.90. The van der Waals surface area contributed by atoms with Crippen molar-refractivity contribution in [2.24, 2.45) is 0 Å². The second-order valence-corrected chi connectivity index (χ2v) is 13.0. The Morgan fingerprint density at radius 3 is 1.83 bits per heavy atom. The van der Waals surface area contributed by atoms with Crippen molar-refractivity contribution in [2.75, 3.05) is 13.2 Å². The molecule has 0 radical (unpaired) electrons. The summed E-state index contributed by atoms with van der Waals surface area (Å²) in [6.07, 6.45) is 2.94. The Labute approximate surface area is 284 Å². The van der Waals surface area contributed by atoms with Gasteiger partial charge in [-0.3, -0.25) is 19.2 Å². The van der Waals surface area contributed by atoms with Gasteiger partial charge >= 0.3 is 30.0 Å². The molecule has 0 aromatic rings. The molecular weight excluding hydrogens is 634 g/mol. The van der Waals surface area contributed by atoms with Crippen LogP contribution in [0.5, 0.6) is 0 Å². The van der Waals surface area contributed by atoms with Crippen LogP contribution in [0.15, 0.2) is 0 Å². The lowest BCUT2D eigenvalue weighted by atomic mass is 9.97. The number of rotatable bonds is 18. The second-order valence-electron chi connectivity index (χ2n) is 12.6. The van der Waals surface area contributed by atoms with Gasteiger partial charge in [-0.2, -0.15) is 0 Å². The fourth-order valence-electron chi connectivity index (χ4n) is 4.96. The van der Waals surface area contributed by atoms with Gasteiger partial charge in [0.05, 0.1) is 0 Å². The van der Waals surface area contributed by atoms with Crippen molar-refractivity contribution in [3.63, 3.8) is 0 Å². The molecule has 1 fully saturated rings. The van der Waals surface area contributed by atoms with Crippen molar-refractivity contribution in [1.82, 2.24) is 16.0 Å². The fraction of sp³-hybridized carbons (Fsp3) is 0.812. The van der Waals surface area contributed by atoms with Crippen molar-refractivity contribution in [3.8, 4) is 0 Å². The second kappa shape index (κ2) is 21.6. The number of carbonyl (C=O) groups excluding carboxylic acids is 5. The Balaban J connectivity index is 3.07. The SMILES string of the molecule is CCCCCCCCCCC(CNC(=S)N[C@@H]1O[C@H](COC(C)=O)[C@@H](OC(C)=O)[C@H](OC(C)=O)[C@H]1OC(C)=O)NC(=O)OC(C)(C)C. The van der Waals surface area contributed by atoms with Gasteiger partial charge < -0.3 is 44.4 Å². The van der Waals surface area contributed by atoms with Gasteiger partial charge in [0.15, 0.2) is 29.7 Å². The van der Waals surface area contributed by atoms with Gasteiger partial charge in [-0.1, -0.05) is 58.3 Å². The number of hydrogen-bond acceptors (Lipinski definition) is 12. The van der Waals surface area contributed by atoms with E-state index in [9.17, 15) is 24.0 Å². The molecule has 1 amide bonds. The van der Waals surface area contributed by atoms with Crippen LogP contribution in [0.1, 0.15) is 113 Å². The average molecular weight is 690 g/mol. The molecule has 15 heteroatoms. The Bertz CT molecular complexity index is 1040. The predicted octanol–water partition coefficient (Wildman–Crippen LogP) is 3.96. The maximum atomic E-state index is 12.6. The number of carbonyl (C=O) groups is 5. The van der Waals surface area contributed by atoms with Crippen molar-refractivity contribution in [1.29, 1.82) is 0 Å². The van der Waals surface area contributed by atoms with Crippen LogP contribution in [0.2, 0.25) is 0 Å². The van der Waals surface area contributed by atoms with Crippen LogP contribution in [-0.2, 0) is 47.6 Å². The molecular formula is C32H55N3O11S. The molecule has 0 aliphatic carbocycles. The average Bonchev–Trinajstić information content (AvgIpc) is 2.93. The minimum Gasteiger partial charge on any atom is -0.463 e. The van der Waals surface area contributed by atoms with E-state index in [0.717, 1.165) is 40.0 Å². The van der Waals surface area contributed by atoms with Crippen LogP contribution < -0.4 is 16.0 Å². The molecule has 47 heavy (non-hydrogen) atoms. The summed E-state index contributed by atoms with van der Waals surface area (Å²) < 4.78 is 32.9. The lowest BCUT2D eigenvalue weighted by molar-refractivity contribution is -0.254. The minimum absolute atomic E-state index is 0.0674. The number of amides is 1. The summed E-state index contributed by atoms with van der Waals surface area (Å²) in [6, 6.07) is -0.333. The largest absolute Gasteiger partial charge is 0.463 e. The van der Waals surface area contributed by atoms with E-state index >= 15 is 0 Å². The van der Waals surface area contributed by atoms with Crippen molar-refractivity contribution >= 4 is 47.3 Å². The highest BCUT2D eigenvalue weighted by atomic mass is 32.1. The lowest BCUT2D eigenvalue weighted by Crippen LogP contribution is -2.67. The van der Waals surface area contributed by atoms with E-state index in [1.165, 1.54) is 39.0 Å². The first-order valence-corrected chi connectivity index (χ1v) is 16.8. The predicted molar refractivity (Wildman–Crippen MR) is 176 cm³/mol. The van der Waals surface area contributed by atoms with Gasteiger partial charge in [0.2, 0.25) is 0 Å². The van der Waals surface area contributed by atoms with Gasteiger partial charge in [-0.05, 0) is 39.4 Å². The molecule has 1 unspecified atom stereocenters. The van der Waals surface area contributed by atoms with E-state index < -0.39 is 66.2 Å². The summed E-state index contributed by atoms with van der Waals surface area (Å²) in [7, 11) is 0. The zero-order chi connectivity index (χ0) is 35.6.